The van der Waals surface area contributed by atoms with E-state index in [1.807, 2.05) is 43.3 Å². The van der Waals surface area contributed by atoms with Crippen LogP contribution in [0.1, 0.15) is 23.6 Å². The second kappa shape index (κ2) is 8.95. The number of benzene rings is 3. The SMILES string of the molecule is CCOc1ccc(NCc2ccc(OCc3ccc(C)cc3)cc2)cc1. The van der Waals surface area contributed by atoms with Crippen molar-refractivity contribution < 1.29 is 9.47 Å². The van der Waals surface area contributed by atoms with E-state index >= 15 is 0 Å². The van der Waals surface area contributed by atoms with E-state index in [1.54, 1.807) is 0 Å². The second-order valence-electron chi connectivity index (χ2n) is 6.23. The molecule has 0 saturated carbocycles. The topological polar surface area (TPSA) is 30.5 Å². The van der Waals surface area contributed by atoms with Gasteiger partial charge in [-0.15, -0.1) is 0 Å². The molecule has 0 amide bonds. The molecule has 0 aliphatic heterocycles. The summed E-state index contributed by atoms with van der Waals surface area (Å²) >= 11 is 0. The molecule has 0 atom stereocenters. The predicted octanol–water partition coefficient (Wildman–Crippen LogP) is 5.58. The Morgan fingerprint density at radius 1 is 0.692 bits per heavy atom. The van der Waals surface area contributed by atoms with Crippen LogP contribution in [-0.2, 0) is 13.2 Å². The van der Waals surface area contributed by atoms with Gasteiger partial charge in [0.2, 0.25) is 0 Å². The van der Waals surface area contributed by atoms with E-state index in [4.69, 9.17) is 9.47 Å². The molecule has 0 spiro atoms. The molecule has 3 aromatic rings. The van der Waals surface area contributed by atoms with Crippen LogP contribution in [0.25, 0.3) is 0 Å². The molecule has 3 heteroatoms. The maximum Gasteiger partial charge on any atom is 0.119 e. The maximum absolute atomic E-state index is 5.85. The molecule has 0 aliphatic carbocycles. The van der Waals surface area contributed by atoms with Gasteiger partial charge in [0.25, 0.3) is 0 Å². The first-order chi connectivity index (χ1) is 12.7. The van der Waals surface area contributed by atoms with Gasteiger partial charge in [-0.1, -0.05) is 42.0 Å². The number of ether oxygens (including phenoxy) is 2. The van der Waals surface area contributed by atoms with Crippen molar-refractivity contribution in [3.05, 3.63) is 89.5 Å². The number of hydrogen-bond acceptors (Lipinski definition) is 3. The molecular weight excluding hydrogens is 322 g/mol. The van der Waals surface area contributed by atoms with Crippen LogP contribution in [-0.4, -0.2) is 6.61 Å². The summed E-state index contributed by atoms with van der Waals surface area (Å²) < 4.78 is 11.3. The Morgan fingerprint density at radius 3 is 1.92 bits per heavy atom. The summed E-state index contributed by atoms with van der Waals surface area (Å²) in [5.74, 6) is 1.78. The van der Waals surface area contributed by atoms with Crippen molar-refractivity contribution >= 4 is 5.69 Å². The van der Waals surface area contributed by atoms with Crippen molar-refractivity contribution in [3.8, 4) is 11.5 Å². The molecular formula is C23H25NO2. The fourth-order valence-electron chi connectivity index (χ4n) is 2.59. The Hall–Kier alpha value is -2.94. The predicted molar refractivity (Wildman–Crippen MR) is 107 cm³/mol. The molecule has 3 nitrogen and oxygen atoms in total. The van der Waals surface area contributed by atoms with Crippen LogP contribution in [0.2, 0.25) is 0 Å². The van der Waals surface area contributed by atoms with Gasteiger partial charge in [-0.25, -0.2) is 0 Å². The lowest BCUT2D eigenvalue weighted by Crippen LogP contribution is -2.00. The number of anilines is 1. The van der Waals surface area contributed by atoms with Crippen LogP contribution in [0, 0.1) is 6.92 Å². The average molecular weight is 347 g/mol. The number of nitrogens with one attached hydrogen (secondary N) is 1. The summed E-state index contributed by atoms with van der Waals surface area (Å²) in [6, 6.07) is 24.7. The van der Waals surface area contributed by atoms with Gasteiger partial charge in [0, 0.05) is 12.2 Å². The zero-order valence-corrected chi connectivity index (χ0v) is 15.4. The Bertz CT molecular complexity index is 793. The minimum Gasteiger partial charge on any atom is -0.494 e. The molecule has 26 heavy (non-hydrogen) atoms. The third-order valence-electron chi connectivity index (χ3n) is 4.11. The summed E-state index contributed by atoms with van der Waals surface area (Å²) in [6.45, 7) is 6.12. The molecule has 3 aromatic carbocycles. The number of aryl methyl sites for hydroxylation is 1. The highest BCUT2D eigenvalue weighted by molar-refractivity contribution is 5.47. The molecule has 0 saturated heterocycles. The van der Waals surface area contributed by atoms with Crippen molar-refractivity contribution in [2.45, 2.75) is 27.0 Å². The molecule has 0 radical (unpaired) electrons. The summed E-state index contributed by atoms with van der Waals surface area (Å²) in [7, 11) is 0. The van der Waals surface area contributed by atoms with Crippen molar-refractivity contribution in [2.24, 2.45) is 0 Å². The van der Waals surface area contributed by atoms with E-state index in [-0.39, 0.29) is 0 Å². The zero-order valence-electron chi connectivity index (χ0n) is 15.4. The third kappa shape index (κ3) is 5.28. The fraction of sp³-hybridized carbons (Fsp3) is 0.217. The molecule has 0 heterocycles. The largest absolute Gasteiger partial charge is 0.494 e. The van der Waals surface area contributed by atoms with Crippen LogP contribution in [0.15, 0.2) is 72.8 Å². The smallest absolute Gasteiger partial charge is 0.119 e. The highest BCUT2D eigenvalue weighted by Gasteiger charge is 1.99. The highest BCUT2D eigenvalue weighted by atomic mass is 16.5. The van der Waals surface area contributed by atoms with Crippen LogP contribution in [0.3, 0.4) is 0 Å². The first-order valence-corrected chi connectivity index (χ1v) is 8.97. The van der Waals surface area contributed by atoms with Crippen molar-refractivity contribution in [1.82, 2.24) is 0 Å². The Morgan fingerprint density at radius 2 is 1.27 bits per heavy atom. The van der Waals surface area contributed by atoms with E-state index in [0.29, 0.717) is 13.2 Å². The van der Waals surface area contributed by atoms with E-state index in [9.17, 15) is 0 Å². The lowest BCUT2D eigenvalue weighted by molar-refractivity contribution is 0.306. The molecule has 134 valence electrons. The van der Waals surface area contributed by atoms with Gasteiger partial charge >= 0.3 is 0 Å². The van der Waals surface area contributed by atoms with Crippen molar-refractivity contribution in [2.75, 3.05) is 11.9 Å². The number of rotatable bonds is 8. The third-order valence-corrected chi connectivity index (χ3v) is 4.11. The first-order valence-electron chi connectivity index (χ1n) is 8.97. The monoisotopic (exact) mass is 347 g/mol. The molecule has 0 unspecified atom stereocenters. The Kier molecular flexibility index (Phi) is 6.15. The Labute approximate surface area is 155 Å². The fourth-order valence-corrected chi connectivity index (χ4v) is 2.59. The molecule has 0 aliphatic rings. The summed E-state index contributed by atoms with van der Waals surface area (Å²) in [4.78, 5) is 0. The van der Waals surface area contributed by atoms with Gasteiger partial charge in [-0.2, -0.15) is 0 Å². The highest BCUT2D eigenvalue weighted by Crippen LogP contribution is 2.18. The lowest BCUT2D eigenvalue weighted by atomic mass is 10.2. The van der Waals surface area contributed by atoms with Crippen LogP contribution < -0.4 is 14.8 Å². The minimum atomic E-state index is 0.587. The summed E-state index contributed by atoms with van der Waals surface area (Å²) in [5.41, 5.74) is 4.73. The maximum atomic E-state index is 5.85. The van der Waals surface area contributed by atoms with E-state index in [2.05, 4.69) is 48.6 Å². The number of hydrogen-bond donors (Lipinski definition) is 1. The van der Waals surface area contributed by atoms with Crippen LogP contribution in [0.4, 0.5) is 5.69 Å². The summed E-state index contributed by atoms with van der Waals surface area (Å²) in [6.07, 6.45) is 0. The van der Waals surface area contributed by atoms with Crippen molar-refractivity contribution in [1.29, 1.82) is 0 Å². The summed E-state index contributed by atoms with van der Waals surface area (Å²) in [5, 5.41) is 3.42. The molecule has 0 bridgehead atoms. The van der Waals surface area contributed by atoms with E-state index in [0.717, 1.165) is 23.7 Å². The second-order valence-corrected chi connectivity index (χ2v) is 6.23. The van der Waals surface area contributed by atoms with Crippen molar-refractivity contribution in [3.63, 3.8) is 0 Å². The molecule has 0 aromatic heterocycles. The molecule has 0 fully saturated rings. The zero-order chi connectivity index (χ0) is 18.2. The van der Waals surface area contributed by atoms with E-state index in [1.165, 1.54) is 16.7 Å². The van der Waals surface area contributed by atoms with Gasteiger partial charge in [0.15, 0.2) is 0 Å². The first kappa shape index (κ1) is 17.9. The van der Waals surface area contributed by atoms with Gasteiger partial charge < -0.3 is 14.8 Å². The average Bonchev–Trinajstić information content (AvgIpc) is 2.68. The van der Waals surface area contributed by atoms with Gasteiger partial charge in [-0.3, -0.25) is 0 Å². The molecule has 1 N–H and O–H groups in total. The lowest BCUT2D eigenvalue weighted by Gasteiger charge is -2.10. The van der Waals surface area contributed by atoms with Gasteiger partial charge in [0.1, 0.15) is 18.1 Å². The van der Waals surface area contributed by atoms with Gasteiger partial charge in [-0.05, 0) is 61.4 Å². The van der Waals surface area contributed by atoms with E-state index < -0.39 is 0 Å². The van der Waals surface area contributed by atoms with Gasteiger partial charge in [0.05, 0.1) is 6.61 Å². The molecule has 3 rings (SSSR count). The van der Waals surface area contributed by atoms with Crippen LogP contribution in [0.5, 0.6) is 11.5 Å². The standard InChI is InChI=1S/C23H25NO2/c1-3-25-22-14-10-21(11-15-22)24-16-19-8-12-23(13-9-19)26-17-20-6-4-18(2)5-7-20/h4-15,24H,3,16-17H2,1-2H3. The Balaban J connectivity index is 1.48. The minimum absolute atomic E-state index is 0.587. The quantitative estimate of drug-likeness (QED) is 0.576. The normalized spacial score (nSPS) is 10.4. The van der Waals surface area contributed by atoms with Crippen LogP contribution >= 0.6 is 0 Å².